The number of esters is 2. The van der Waals surface area contributed by atoms with Gasteiger partial charge in [0.05, 0.1) is 37.6 Å². The SMILES string of the molecule is CCCCC(=O)Oc1c(C)c2c(c3c1[C@H]1SC[C@]4(NCCc5cc(O)c(OC)cc54)C(=O)OC[C@H]3N3C1[C@@H]1N[C@@H](Cc4cc(C)c(OC)c(O)c41)[C@@H]3C#N)OCO2. The molecule has 14 nitrogen and oxygen atoms in total. The molecule has 0 radical (unpaired) electrons. The smallest absolute Gasteiger partial charge is 0.331 e. The van der Waals surface area contributed by atoms with Gasteiger partial charge < -0.3 is 44.0 Å². The van der Waals surface area contributed by atoms with Crippen LogP contribution < -0.4 is 34.3 Å². The van der Waals surface area contributed by atoms with Crippen molar-refractivity contribution < 1.29 is 48.2 Å². The van der Waals surface area contributed by atoms with Gasteiger partial charge in [-0.1, -0.05) is 19.4 Å². The Morgan fingerprint density at radius 2 is 1.88 bits per heavy atom. The van der Waals surface area contributed by atoms with E-state index in [0.29, 0.717) is 76.6 Å². The van der Waals surface area contributed by atoms with Crippen molar-refractivity contribution in [1.29, 1.82) is 5.26 Å². The summed E-state index contributed by atoms with van der Waals surface area (Å²) in [4.78, 5) is 30.6. The molecule has 15 heteroatoms. The second-order valence-electron chi connectivity index (χ2n) is 15.6. The Labute approximate surface area is 334 Å². The van der Waals surface area contributed by atoms with Gasteiger partial charge in [-0.2, -0.15) is 5.26 Å². The average Bonchev–Trinajstić information content (AvgIpc) is 3.70. The van der Waals surface area contributed by atoms with E-state index >= 15 is 0 Å². The van der Waals surface area contributed by atoms with E-state index in [0.717, 1.165) is 23.1 Å². The van der Waals surface area contributed by atoms with Gasteiger partial charge in [0.15, 0.2) is 40.0 Å². The van der Waals surface area contributed by atoms with Crippen LogP contribution in [-0.2, 0) is 32.7 Å². The zero-order valence-electron chi connectivity index (χ0n) is 32.5. The van der Waals surface area contributed by atoms with Crippen LogP contribution in [-0.4, -0.2) is 85.1 Å². The quantitative estimate of drug-likeness (QED) is 0.197. The summed E-state index contributed by atoms with van der Waals surface area (Å²) in [6.07, 6.45) is 2.71. The summed E-state index contributed by atoms with van der Waals surface area (Å²) >= 11 is 1.48. The van der Waals surface area contributed by atoms with Crippen molar-refractivity contribution in [3.63, 3.8) is 0 Å². The number of nitriles is 1. The predicted molar refractivity (Wildman–Crippen MR) is 207 cm³/mol. The van der Waals surface area contributed by atoms with Crippen molar-refractivity contribution in [2.45, 2.75) is 93.9 Å². The number of aromatic hydroxyl groups is 2. The van der Waals surface area contributed by atoms with E-state index in [1.165, 1.54) is 26.0 Å². The fourth-order valence-corrected chi connectivity index (χ4v) is 11.8. The lowest BCUT2D eigenvalue weighted by molar-refractivity contribution is -0.155. The summed E-state index contributed by atoms with van der Waals surface area (Å²) in [5.74, 6) is 1.14. The molecular weight excluding hydrogens is 753 g/mol. The number of ether oxygens (including phenoxy) is 6. The van der Waals surface area contributed by atoms with Crippen molar-refractivity contribution in [2.24, 2.45) is 0 Å². The molecule has 0 amide bonds. The van der Waals surface area contributed by atoms with Crippen molar-refractivity contribution in [1.82, 2.24) is 15.5 Å². The van der Waals surface area contributed by atoms with Gasteiger partial charge in [0.25, 0.3) is 0 Å². The van der Waals surface area contributed by atoms with E-state index < -0.39 is 40.9 Å². The lowest BCUT2D eigenvalue weighted by Crippen LogP contribution is -2.69. The van der Waals surface area contributed by atoms with Gasteiger partial charge in [-0.3, -0.25) is 15.0 Å². The van der Waals surface area contributed by atoms with Gasteiger partial charge in [0.2, 0.25) is 6.79 Å². The van der Waals surface area contributed by atoms with Gasteiger partial charge in [-0.05, 0) is 67.5 Å². The first-order valence-corrected chi connectivity index (χ1v) is 20.5. The molecule has 1 spiro atoms. The largest absolute Gasteiger partial charge is 0.504 e. The number of phenols is 2. The van der Waals surface area contributed by atoms with Crippen molar-refractivity contribution in [3.05, 3.63) is 62.7 Å². The number of phenolic OH excluding ortho intramolecular Hbond substituents is 2. The molecule has 57 heavy (non-hydrogen) atoms. The predicted octanol–water partition coefficient (Wildman–Crippen LogP) is 4.82. The number of piperazine rings is 1. The maximum atomic E-state index is 14.8. The number of nitrogens with one attached hydrogen (secondary N) is 2. The summed E-state index contributed by atoms with van der Waals surface area (Å²) in [5.41, 5.74) is 4.41. The van der Waals surface area contributed by atoms with Crippen molar-refractivity contribution in [3.8, 4) is 46.3 Å². The molecule has 4 bridgehead atoms. The highest BCUT2D eigenvalue weighted by Gasteiger charge is 2.60. The Morgan fingerprint density at radius 1 is 1.07 bits per heavy atom. The van der Waals surface area contributed by atoms with Crippen LogP contribution >= 0.6 is 11.8 Å². The molecule has 4 N–H and O–H groups in total. The molecule has 3 aromatic rings. The summed E-state index contributed by atoms with van der Waals surface area (Å²) in [6.45, 7) is 5.97. The number of thioether (sulfide) groups is 1. The molecule has 7 heterocycles. The number of hydrogen-bond donors (Lipinski definition) is 4. The molecule has 2 saturated heterocycles. The maximum Gasteiger partial charge on any atom is 0.331 e. The zero-order valence-corrected chi connectivity index (χ0v) is 33.3. The Kier molecular flexibility index (Phi) is 9.38. The summed E-state index contributed by atoms with van der Waals surface area (Å²) in [5, 5.41) is 40.6. The van der Waals surface area contributed by atoms with Crippen LogP contribution in [0, 0.1) is 25.2 Å². The minimum atomic E-state index is -1.36. The highest BCUT2D eigenvalue weighted by atomic mass is 32.2. The van der Waals surface area contributed by atoms with E-state index in [1.54, 1.807) is 12.1 Å². The Bertz CT molecular complexity index is 2240. The van der Waals surface area contributed by atoms with Crippen LogP contribution in [0.1, 0.15) is 88.0 Å². The fourth-order valence-electron chi connectivity index (χ4n) is 10.1. The third-order valence-corrected chi connectivity index (χ3v) is 14.1. The first kappa shape index (κ1) is 37.7. The lowest BCUT2D eigenvalue weighted by atomic mass is 9.72. The van der Waals surface area contributed by atoms with E-state index in [9.17, 15) is 25.1 Å². The third-order valence-electron chi connectivity index (χ3n) is 12.6. The zero-order chi connectivity index (χ0) is 39.9. The van der Waals surface area contributed by atoms with Gasteiger partial charge in [0.1, 0.15) is 18.4 Å². The Balaban J connectivity index is 1.31. The average molecular weight is 799 g/mol. The minimum absolute atomic E-state index is 0.0225. The number of rotatable bonds is 6. The van der Waals surface area contributed by atoms with Crippen LogP contribution in [0.2, 0.25) is 0 Å². The second kappa shape index (κ2) is 14.2. The van der Waals surface area contributed by atoms with E-state index in [2.05, 4.69) is 21.6 Å². The molecule has 0 aliphatic carbocycles. The first-order chi connectivity index (χ1) is 27.6. The second-order valence-corrected chi connectivity index (χ2v) is 16.8. The molecule has 7 aliphatic heterocycles. The Hall–Kier alpha value is -4.88. The molecule has 300 valence electrons. The lowest BCUT2D eigenvalue weighted by Gasteiger charge is -2.59. The summed E-state index contributed by atoms with van der Waals surface area (Å²) in [6, 6.07) is 5.11. The van der Waals surface area contributed by atoms with Crippen LogP contribution in [0.4, 0.5) is 0 Å². The van der Waals surface area contributed by atoms with Gasteiger partial charge in [-0.15, -0.1) is 11.8 Å². The molecule has 1 unspecified atom stereocenters. The first-order valence-electron chi connectivity index (χ1n) is 19.5. The number of methoxy groups -OCH3 is 2. The highest BCUT2D eigenvalue weighted by Crippen LogP contribution is 2.63. The number of unbranched alkanes of at least 4 members (excludes halogenated alkanes) is 1. The molecule has 2 fully saturated rings. The van der Waals surface area contributed by atoms with Gasteiger partial charge in [0, 0.05) is 53.1 Å². The molecule has 3 aromatic carbocycles. The van der Waals surface area contributed by atoms with Crippen LogP contribution in [0.5, 0.6) is 40.2 Å². The number of hydrogen-bond acceptors (Lipinski definition) is 15. The topological polar surface area (TPSA) is 181 Å². The summed E-state index contributed by atoms with van der Waals surface area (Å²) in [7, 11) is 3.00. The molecule has 0 aromatic heterocycles. The van der Waals surface area contributed by atoms with E-state index in [1.807, 2.05) is 26.8 Å². The number of benzene rings is 3. The highest BCUT2D eigenvalue weighted by molar-refractivity contribution is 7.99. The number of fused-ring (bicyclic) bond motifs is 9. The number of aryl methyl sites for hydroxylation is 1. The monoisotopic (exact) mass is 798 g/mol. The molecule has 7 atom stereocenters. The molecular formula is C42H46N4O10S. The van der Waals surface area contributed by atoms with Crippen molar-refractivity contribution >= 4 is 23.7 Å². The number of carbonyl (C=O) groups is 2. The third kappa shape index (κ3) is 5.55. The molecule has 10 rings (SSSR count). The summed E-state index contributed by atoms with van der Waals surface area (Å²) < 4.78 is 36.5. The van der Waals surface area contributed by atoms with Gasteiger partial charge in [-0.25, -0.2) is 4.79 Å². The molecule has 0 saturated carbocycles. The maximum absolute atomic E-state index is 14.8. The standard InChI is InChI=1S/C42H46N4O10S/c1-6-7-8-29(48)56-37-20(3)38-39(55-18-54-38)31-26-16-53-41(50)42(23-14-28(51-4)27(47)13-21(23)9-10-44-42)17-57-40(32(31)37)34-33-30-22(11-19(2)36(52-5)35(30)49)12-24(45-33)25(15-43)46(26)34/h11,13-14,24-26,33-34,40,44-45,47,49H,6-10,12,16-18H2,1-5H3/t24-,25-,26+,33+,34?,40+,42+/m0/s1. The number of nitrogens with zero attached hydrogens (tertiary/aromatic N) is 2. The number of carbonyl (C=O) groups excluding carboxylic acids is 2. The Morgan fingerprint density at radius 3 is 2.63 bits per heavy atom. The molecule has 7 aliphatic rings. The van der Waals surface area contributed by atoms with E-state index in [-0.39, 0.29) is 54.8 Å². The minimum Gasteiger partial charge on any atom is -0.504 e. The van der Waals surface area contributed by atoms with Gasteiger partial charge >= 0.3 is 11.9 Å². The fraction of sp³-hybridized carbons (Fsp3) is 0.500. The normalized spacial score (nSPS) is 28.0. The van der Waals surface area contributed by atoms with E-state index in [4.69, 9.17) is 28.4 Å². The van der Waals surface area contributed by atoms with Crippen LogP contribution in [0.3, 0.4) is 0 Å². The van der Waals surface area contributed by atoms with Crippen molar-refractivity contribution in [2.75, 3.05) is 39.9 Å². The van der Waals surface area contributed by atoms with Crippen LogP contribution in [0.15, 0.2) is 18.2 Å². The van der Waals surface area contributed by atoms with Crippen LogP contribution in [0.25, 0.3) is 0 Å².